The van der Waals surface area contributed by atoms with Gasteiger partial charge in [-0.1, -0.05) is 56.5 Å². The van der Waals surface area contributed by atoms with Crippen LogP contribution in [0, 0.1) is 6.92 Å². The molecule has 3 rings (SSSR count). The van der Waals surface area contributed by atoms with E-state index in [0.29, 0.717) is 11.8 Å². The molecule has 30 heavy (non-hydrogen) atoms. The zero-order valence-corrected chi connectivity index (χ0v) is 19.3. The number of hydrogen-bond acceptors (Lipinski definition) is 4. The summed E-state index contributed by atoms with van der Waals surface area (Å²) >= 11 is 1.71. The van der Waals surface area contributed by atoms with E-state index in [1.165, 1.54) is 12.0 Å². The maximum Gasteiger partial charge on any atom is 0.261 e. The maximum atomic E-state index is 13.3. The molecule has 2 atom stereocenters. The van der Waals surface area contributed by atoms with Crippen molar-refractivity contribution in [3.8, 4) is 0 Å². The summed E-state index contributed by atoms with van der Waals surface area (Å²) in [5.74, 6) is -0.0518. The highest BCUT2D eigenvalue weighted by molar-refractivity contribution is 8.04. The topological polar surface area (TPSA) is 52.7 Å². The number of aryl methyl sites for hydroxylation is 1. The number of rotatable bonds is 8. The van der Waals surface area contributed by atoms with Crippen molar-refractivity contribution >= 4 is 29.7 Å². The first-order valence-corrected chi connectivity index (χ1v) is 12.1. The van der Waals surface area contributed by atoms with Crippen LogP contribution in [-0.4, -0.2) is 65.6 Å². The van der Waals surface area contributed by atoms with E-state index in [9.17, 15) is 9.59 Å². The fourth-order valence-corrected chi connectivity index (χ4v) is 5.75. The van der Waals surface area contributed by atoms with Gasteiger partial charge in [0.2, 0.25) is 5.91 Å². The van der Waals surface area contributed by atoms with Crippen molar-refractivity contribution in [2.75, 3.05) is 32.7 Å². The lowest BCUT2D eigenvalue weighted by molar-refractivity contribution is -0.135. The molecule has 0 aromatic heterocycles. The molecule has 2 fully saturated rings. The van der Waals surface area contributed by atoms with Gasteiger partial charge < -0.3 is 15.1 Å². The van der Waals surface area contributed by atoms with Crippen molar-refractivity contribution in [1.82, 2.24) is 15.1 Å². The predicted octanol–water partition coefficient (Wildman–Crippen LogP) is 3.68. The van der Waals surface area contributed by atoms with E-state index in [1.54, 1.807) is 11.8 Å². The number of thioether (sulfide) groups is 1. The summed E-state index contributed by atoms with van der Waals surface area (Å²) in [7, 11) is 0. The molecule has 1 saturated carbocycles. The third-order valence-corrected chi connectivity index (χ3v) is 7.55. The molecule has 1 aliphatic heterocycles. The normalized spacial score (nSPS) is 23.0. The Morgan fingerprint density at radius 2 is 1.90 bits per heavy atom. The summed E-state index contributed by atoms with van der Waals surface area (Å²) < 4.78 is 0. The number of fused-ring (bicyclic) bond motifs is 1. The van der Waals surface area contributed by atoms with Crippen LogP contribution in [0.1, 0.15) is 50.7 Å². The number of nitrogens with one attached hydrogen (secondary N) is 1. The summed E-state index contributed by atoms with van der Waals surface area (Å²) in [6.07, 6.45) is 6.42. The van der Waals surface area contributed by atoms with E-state index in [1.807, 2.05) is 23.1 Å². The molecular formula is C24H35N3O2S. The predicted molar refractivity (Wildman–Crippen MR) is 125 cm³/mol. The Morgan fingerprint density at radius 1 is 1.20 bits per heavy atom. The highest BCUT2D eigenvalue weighted by Crippen LogP contribution is 2.42. The minimum absolute atomic E-state index is 0.00242. The van der Waals surface area contributed by atoms with E-state index < -0.39 is 0 Å². The number of benzene rings is 1. The Labute approximate surface area is 185 Å². The molecule has 2 amide bonds. The number of carbonyl (C=O) groups is 2. The summed E-state index contributed by atoms with van der Waals surface area (Å²) in [4.78, 5) is 30.8. The molecule has 1 aliphatic carbocycles. The van der Waals surface area contributed by atoms with E-state index in [-0.39, 0.29) is 24.4 Å². The van der Waals surface area contributed by atoms with Crippen molar-refractivity contribution in [2.45, 2.75) is 57.7 Å². The van der Waals surface area contributed by atoms with Gasteiger partial charge in [0.15, 0.2) is 0 Å². The second-order valence-electron chi connectivity index (χ2n) is 8.24. The summed E-state index contributed by atoms with van der Waals surface area (Å²) in [5.41, 5.74) is 2.24. The molecule has 0 radical (unpaired) electrons. The molecule has 6 heteroatoms. The number of amides is 2. The molecule has 164 valence electrons. The lowest BCUT2D eigenvalue weighted by Gasteiger charge is -2.43. The van der Waals surface area contributed by atoms with Crippen LogP contribution >= 0.6 is 11.8 Å². The van der Waals surface area contributed by atoms with Crippen molar-refractivity contribution in [2.24, 2.45) is 0 Å². The second kappa shape index (κ2) is 11.0. The average molecular weight is 430 g/mol. The lowest BCUT2D eigenvalue weighted by atomic mass is 9.93. The van der Waals surface area contributed by atoms with Crippen LogP contribution in [0.2, 0.25) is 0 Å². The van der Waals surface area contributed by atoms with Crippen molar-refractivity contribution in [3.63, 3.8) is 0 Å². The Hall–Kier alpha value is -1.79. The van der Waals surface area contributed by atoms with E-state index in [4.69, 9.17) is 0 Å². The zero-order chi connectivity index (χ0) is 21.5. The molecule has 1 saturated heterocycles. The first kappa shape index (κ1) is 22.9. The minimum atomic E-state index is -0.0542. The minimum Gasteiger partial charge on any atom is -0.353 e. The number of hydrogen-bond donors (Lipinski definition) is 1. The number of likely N-dealkylation sites (N-methyl/N-ethyl adjacent to an activating group) is 1. The third kappa shape index (κ3) is 5.88. The molecule has 1 N–H and O–H groups in total. The second-order valence-corrected chi connectivity index (χ2v) is 9.52. The Kier molecular flexibility index (Phi) is 8.40. The SMILES string of the molecule is CCN(CC)CCNC(=O)CN1C(=O)/C(=C\c2ccc(C)cc2)SC2CCCCC21. The quantitative estimate of drug-likeness (QED) is 0.641. The standard InChI is InChI=1S/C24H35N3O2S/c1-4-26(5-2)15-14-25-23(28)17-27-20-8-6-7-9-21(20)30-22(24(27)29)16-19-12-10-18(3)11-13-19/h10-13,16,20-21H,4-9,14-15,17H2,1-3H3,(H,25,28)/b22-16+. The van der Waals surface area contributed by atoms with Gasteiger partial charge in [0.1, 0.15) is 6.54 Å². The molecular weight excluding hydrogens is 394 g/mol. The number of carbonyl (C=O) groups excluding carboxylic acids is 2. The van der Waals surface area contributed by atoms with Crippen LogP contribution in [0.25, 0.3) is 6.08 Å². The third-order valence-electron chi connectivity index (χ3n) is 6.15. The van der Waals surface area contributed by atoms with Gasteiger partial charge >= 0.3 is 0 Å². The van der Waals surface area contributed by atoms with Gasteiger partial charge in [-0.05, 0) is 44.5 Å². The van der Waals surface area contributed by atoms with Crippen molar-refractivity contribution in [3.05, 3.63) is 40.3 Å². The highest BCUT2D eigenvalue weighted by atomic mass is 32.2. The van der Waals surface area contributed by atoms with Gasteiger partial charge in [-0.2, -0.15) is 0 Å². The van der Waals surface area contributed by atoms with Crippen LogP contribution in [-0.2, 0) is 9.59 Å². The molecule has 5 nitrogen and oxygen atoms in total. The van der Waals surface area contributed by atoms with Crippen LogP contribution in [0.5, 0.6) is 0 Å². The molecule has 1 aromatic rings. The Bertz CT molecular complexity index is 758. The van der Waals surface area contributed by atoms with Gasteiger partial charge in [-0.25, -0.2) is 0 Å². The molecule has 2 unspecified atom stereocenters. The Morgan fingerprint density at radius 3 is 2.60 bits per heavy atom. The van der Waals surface area contributed by atoms with Crippen molar-refractivity contribution < 1.29 is 9.59 Å². The van der Waals surface area contributed by atoms with Gasteiger partial charge in [0.05, 0.1) is 4.91 Å². The smallest absolute Gasteiger partial charge is 0.261 e. The van der Waals surface area contributed by atoms with E-state index in [2.05, 4.69) is 43.1 Å². The molecule has 0 spiro atoms. The molecule has 0 bridgehead atoms. The molecule has 1 heterocycles. The highest BCUT2D eigenvalue weighted by Gasteiger charge is 2.41. The fourth-order valence-electron chi connectivity index (χ4n) is 4.28. The monoisotopic (exact) mass is 429 g/mol. The largest absolute Gasteiger partial charge is 0.353 e. The number of nitrogens with zero attached hydrogens (tertiary/aromatic N) is 2. The summed E-state index contributed by atoms with van der Waals surface area (Å²) in [6.45, 7) is 9.89. The first-order valence-electron chi connectivity index (χ1n) is 11.3. The summed E-state index contributed by atoms with van der Waals surface area (Å²) in [6, 6.07) is 8.39. The maximum absolute atomic E-state index is 13.3. The average Bonchev–Trinajstić information content (AvgIpc) is 2.75. The van der Waals surface area contributed by atoms with Gasteiger partial charge in [0, 0.05) is 24.4 Å². The van der Waals surface area contributed by atoms with Crippen LogP contribution < -0.4 is 5.32 Å². The van der Waals surface area contributed by atoms with Crippen molar-refractivity contribution in [1.29, 1.82) is 0 Å². The van der Waals surface area contributed by atoms with E-state index in [0.717, 1.165) is 49.4 Å². The van der Waals surface area contributed by atoms with Crippen LogP contribution in [0.3, 0.4) is 0 Å². The lowest BCUT2D eigenvalue weighted by Crippen LogP contribution is -2.54. The zero-order valence-electron chi connectivity index (χ0n) is 18.5. The van der Waals surface area contributed by atoms with Gasteiger partial charge in [-0.3, -0.25) is 9.59 Å². The van der Waals surface area contributed by atoms with E-state index >= 15 is 0 Å². The summed E-state index contributed by atoms with van der Waals surface area (Å²) in [5, 5.41) is 3.40. The molecule has 2 aliphatic rings. The fraction of sp³-hybridized carbons (Fsp3) is 0.583. The first-order chi connectivity index (χ1) is 14.5. The Balaban J connectivity index is 1.69. The molecule has 1 aromatic carbocycles. The van der Waals surface area contributed by atoms with Gasteiger partial charge in [-0.15, -0.1) is 11.8 Å². The van der Waals surface area contributed by atoms with Crippen LogP contribution in [0.4, 0.5) is 0 Å². The van der Waals surface area contributed by atoms with Gasteiger partial charge in [0.25, 0.3) is 5.91 Å². The van der Waals surface area contributed by atoms with Crippen LogP contribution in [0.15, 0.2) is 29.2 Å².